The van der Waals surface area contributed by atoms with E-state index in [9.17, 15) is 0 Å². The number of aromatic nitrogens is 1. The van der Waals surface area contributed by atoms with Crippen molar-refractivity contribution >= 4 is 27.0 Å². The summed E-state index contributed by atoms with van der Waals surface area (Å²) in [5.74, 6) is 0.951. The van der Waals surface area contributed by atoms with Crippen molar-refractivity contribution in [2.24, 2.45) is 0 Å². The fraction of sp³-hybridized carbons (Fsp3) is 0. The molecule has 4 nitrogen and oxygen atoms in total. The van der Waals surface area contributed by atoms with Crippen LogP contribution in [0.2, 0.25) is 0 Å². The standard InChI is InChI=1S/C12H5BrN2O2/c13-11-4-3-10(16-11)12-15-8-5-7(6-14)1-2-9(8)17-12/h1-5H. The first kappa shape index (κ1) is 10.1. The van der Waals surface area contributed by atoms with Gasteiger partial charge in [-0.25, -0.2) is 4.98 Å². The summed E-state index contributed by atoms with van der Waals surface area (Å²) in [5, 5.41) is 8.79. The molecule has 0 radical (unpaired) electrons. The van der Waals surface area contributed by atoms with Crippen LogP contribution in [0.5, 0.6) is 0 Å². The molecule has 0 aliphatic rings. The third kappa shape index (κ3) is 1.73. The Balaban J connectivity index is 2.17. The van der Waals surface area contributed by atoms with E-state index in [4.69, 9.17) is 14.1 Å². The summed E-state index contributed by atoms with van der Waals surface area (Å²) >= 11 is 3.22. The molecular weight excluding hydrogens is 284 g/mol. The first-order chi connectivity index (χ1) is 8.26. The first-order valence-corrected chi connectivity index (χ1v) is 5.62. The molecule has 3 aromatic rings. The molecule has 0 atom stereocenters. The number of oxazole rings is 1. The molecule has 0 spiro atoms. The van der Waals surface area contributed by atoms with E-state index >= 15 is 0 Å². The Morgan fingerprint density at radius 1 is 1.18 bits per heavy atom. The molecule has 0 bridgehead atoms. The molecule has 0 N–H and O–H groups in total. The van der Waals surface area contributed by atoms with Gasteiger partial charge in [0.05, 0.1) is 11.6 Å². The van der Waals surface area contributed by atoms with Gasteiger partial charge in [0.25, 0.3) is 5.89 Å². The Bertz CT molecular complexity index is 736. The SMILES string of the molecule is N#Cc1ccc2oc(-c3ccc(Br)o3)nc2c1. The lowest BCUT2D eigenvalue weighted by Crippen LogP contribution is -1.74. The zero-order valence-corrected chi connectivity index (χ0v) is 10.1. The highest BCUT2D eigenvalue weighted by Gasteiger charge is 2.11. The van der Waals surface area contributed by atoms with Crippen molar-refractivity contribution in [1.82, 2.24) is 4.98 Å². The maximum Gasteiger partial charge on any atom is 0.263 e. The second kappa shape index (κ2) is 3.75. The topological polar surface area (TPSA) is 63.0 Å². The highest BCUT2D eigenvalue weighted by atomic mass is 79.9. The van der Waals surface area contributed by atoms with Gasteiger partial charge >= 0.3 is 0 Å². The largest absolute Gasteiger partial charge is 0.444 e. The lowest BCUT2D eigenvalue weighted by Gasteiger charge is -1.86. The number of hydrogen-bond donors (Lipinski definition) is 0. The predicted octanol–water partition coefficient (Wildman–Crippen LogP) is 3.72. The number of fused-ring (bicyclic) bond motifs is 1. The van der Waals surface area contributed by atoms with Crippen LogP contribution in [0.25, 0.3) is 22.8 Å². The van der Waals surface area contributed by atoms with E-state index in [0.29, 0.717) is 33.0 Å². The lowest BCUT2D eigenvalue weighted by molar-refractivity contribution is 0.518. The normalized spacial score (nSPS) is 10.6. The molecule has 0 amide bonds. The highest BCUT2D eigenvalue weighted by molar-refractivity contribution is 9.10. The van der Waals surface area contributed by atoms with Crippen LogP contribution in [0, 0.1) is 11.3 Å². The van der Waals surface area contributed by atoms with Gasteiger partial charge in [0, 0.05) is 0 Å². The zero-order chi connectivity index (χ0) is 11.8. The van der Waals surface area contributed by atoms with E-state index in [1.165, 1.54) is 0 Å². The molecular formula is C12H5BrN2O2. The minimum Gasteiger partial charge on any atom is -0.444 e. The summed E-state index contributed by atoms with van der Waals surface area (Å²) in [6.45, 7) is 0. The van der Waals surface area contributed by atoms with E-state index in [1.54, 1.807) is 30.3 Å². The fourth-order valence-corrected chi connectivity index (χ4v) is 1.84. The van der Waals surface area contributed by atoms with Crippen molar-refractivity contribution in [3.05, 3.63) is 40.6 Å². The average molecular weight is 289 g/mol. The number of benzene rings is 1. The summed E-state index contributed by atoms with van der Waals surface area (Å²) in [6, 6.07) is 10.7. The molecule has 0 aliphatic carbocycles. The second-order valence-electron chi connectivity index (χ2n) is 3.42. The number of furan rings is 1. The molecule has 0 fully saturated rings. The van der Waals surface area contributed by atoms with Crippen LogP contribution in [0.3, 0.4) is 0 Å². The van der Waals surface area contributed by atoms with Crippen LogP contribution in [-0.2, 0) is 0 Å². The van der Waals surface area contributed by atoms with Crippen molar-refractivity contribution in [3.8, 4) is 17.7 Å². The molecule has 0 aliphatic heterocycles. The molecule has 82 valence electrons. The zero-order valence-electron chi connectivity index (χ0n) is 8.48. The van der Waals surface area contributed by atoms with Crippen molar-refractivity contribution in [1.29, 1.82) is 5.26 Å². The first-order valence-electron chi connectivity index (χ1n) is 4.83. The number of rotatable bonds is 1. The van der Waals surface area contributed by atoms with Crippen molar-refractivity contribution in [2.45, 2.75) is 0 Å². The Morgan fingerprint density at radius 3 is 2.76 bits per heavy atom. The maximum atomic E-state index is 8.79. The van der Waals surface area contributed by atoms with Gasteiger partial charge in [-0.2, -0.15) is 5.26 Å². The number of hydrogen-bond acceptors (Lipinski definition) is 4. The molecule has 2 aromatic heterocycles. The summed E-state index contributed by atoms with van der Waals surface area (Å²) in [4.78, 5) is 4.27. The van der Waals surface area contributed by atoms with Gasteiger partial charge in [-0.05, 0) is 46.3 Å². The van der Waals surface area contributed by atoms with Gasteiger partial charge in [0.1, 0.15) is 5.52 Å². The number of nitriles is 1. The summed E-state index contributed by atoms with van der Waals surface area (Å²) < 4.78 is 11.5. The Hall–Kier alpha value is -2.06. The van der Waals surface area contributed by atoms with Gasteiger partial charge in [-0.1, -0.05) is 0 Å². The highest BCUT2D eigenvalue weighted by Crippen LogP contribution is 2.27. The molecule has 0 unspecified atom stereocenters. The minimum absolute atomic E-state index is 0.404. The van der Waals surface area contributed by atoms with Crippen molar-refractivity contribution in [3.63, 3.8) is 0 Å². The van der Waals surface area contributed by atoms with E-state index in [1.807, 2.05) is 0 Å². The number of halogens is 1. The van der Waals surface area contributed by atoms with Gasteiger partial charge in [0.2, 0.25) is 0 Å². The Morgan fingerprint density at radius 2 is 2.06 bits per heavy atom. The van der Waals surface area contributed by atoms with Gasteiger partial charge in [-0.15, -0.1) is 0 Å². The minimum atomic E-state index is 0.404. The van der Waals surface area contributed by atoms with Crippen LogP contribution in [-0.4, -0.2) is 4.98 Å². The molecule has 17 heavy (non-hydrogen) atoms. The van der Waals surface area contributed by atoms with Gasteiger partial charge in [-0.3, -0.25) is 0 Å². The van der Waals surface area contributed by atoms with E-state index in [-0.39, 0.29) is 0 Å². The Labute approximate surface area is 105 Å². The second-order valence-corrected chi connectivity index (χ2v) is 4.20. The smallest absolute Gasteiger partial charge is 0.263 e. The molecule has 5 heteroatoms. The molecule has 1 aromatic carbocycles. The van der Waals surface area contributed by atoms with Crippen molar-refractivity contribution in [2.75, 3.05) is 0 Å². The maximum absolute atomic E-state index is 8.79. The quantitative estimate of drug-likeness (QED) is 0.684. The molecule has 0 saturated carbocycles. The average Bonchev–Trinajstić information content (AvgIpc) is 2.93. The van der Waals surface area contributed by atoms with Crippen LogP contribution in [0.15, 0.2) is 43.8 Å². The molecule has 0 saturated heterocycles. The summed E-state index contributed by atoms with van der Waals surface area (Å²) in [7, 11) is 0. The molecule has 2 heterocycles. The van der Waals surface area contributed by atoms with Crippen LogP contribution in [0.1, 0.15) is 5.56 Å². The third-order valence-electron chi connectivity index (χ3n) is 2.30. The fourth-order valence-electron chi connectivity index (χ4n) is 1.53. The van der Waals surface area contributed by atoms with E-state index < -0.39 is 0 Å². The summed E-state index contributed by atoms with van der Waals surface area (Å²) in [5.41, 5.74) is 1.83. The summed E-state index contributed by atoms with van der Waals surface area (Å²) in [6.07, 6.45) is 0. The number of nitrogens with zero attached hydrogens (tertiary/aromatic N) is 2. The van der Waals surface area contributed by atoms with Crippen LogP contribution in [0.4, 0.5) is 0 Å². The van der Waals surface area contributed by atoms with Crippen molar-refractivity contribution < 1.29 is 8.83 Å². The van der Waals surface area contributed by atoms with E-state index in [0.717, 1.165) is 0 Å². The van der Waals surface area contributed by atoms with Gasteiger partial charge < -0.3 is 8.83 Å². The van der Waals surface area contributed by atoms with E-state index in [2.05, 4.69) is 27.0 Å². The van der Waals surface area contributed by atoms with Gasteiger partial charge in [0.15, 0.2) is 16.0 Å². The Kier molecular flexibility index (Phi) is 2.23. The predicted molar refractivity (Wildman–Crippen MR) is 64.1 cm³/mol. The monoisotopic (exact) mass is 288 g/mol. The third-order valence-corrected chi connectivity index (χ3v) is 2.73. The van der Waals surface area contributed by atoms with Crippen LogP contribution >= 0.6 is 15.9 Å². The lowest BCUT2D eigenvalue weighted by atomic mass is 10.2. The van der Waals surface area contributed by atoms with Crippen LogP contribution < -0.4 is 0 Å². The molecule has 3 rings (SSSR count).